The lowest BCUT2D eigenvalue weighted by Gasteiger charge is -2.41. The Morgan fingerprint density at radius 3 is 2.23 bits per heavy atom. The van der Waals surface area contributed by atoms with E-state index in [1.54, 1.807) is 13.8 Å². The van der Waals surface area contributed by atoms with E-state index in [2.05, 4.69) is 11.6 Å². The number of benzene rings is 2. The summed E-state index contributed by atoms with van der Waals surface area (Å²) in [6.45, 7) is 7.00. The molecular weight excluding hydrogens is 457 g/mol. The summed E-state index contributed by atoms with van der Waals surface area (Å²) in [6, 6.07) is 9.99. The number of allylic oxidation sites excluding steroid dienone is 3. The largest absolute Gasteiger partial charge is 0.549 e. The Bertz CT molecular complexity index is 1440. The van der Waals surface area contributed by atoms with Gasteiger partial charge in [0.2, 0.25) is 0 Å². The van der Waals surface area contributed by atoms with Crippen molar-refractivity contribution < 1.29 is 27.9 Å². The van der Waals surface area contributed by atoms with Gasteiger partial charge in [0.15, 0.2) is 0 Å². The number of rotatable bonds is 5. The number of aliphatic carboxylic acids is 1. The number of aromatic nitrogens is 2. The van der Waals surface area contributed by atoms with Crippen molar-refractivity contribution in [1.82, 2.24) is 9.55 Å². The third-order valence-corrected chi connectivity index (χ3v) is 6.26. The Kier molecular flexibility index (Phi) is 6.06. The molecule has 1 aromatic heterocycles. The summed E-state index contributed by atoms with van der Waals surface area (Å²) in [6.07, 6.45) is 3.45. The first-order valence-electron chi connectivity index (χ1n) is 10.7. The van der Waals surface area contributed by atoms with E-state index in [0.29, 0.717) is 11.4 Å². The first-order chi connectivity index (χ1) is 16.6. The Balaban J connectivity index is 1.97. The zero-order valence-electron chi connectivity index (χ0n) is 18.9. The number of carboxylic acids is 1. The summed E-state index contributed by atoms with van der Waals surface area (Å²) < 4.78 is 44.4. The summed E-state index contributed by atoms with van der Waals surface area (Å²) in [5.41, 5.74) is -1.65. The van der Waals surface area contributed by atoms with Crippen LogP contribution in [-0.2, 0) is 4.79 Å². The molecular formula is C27H20F3N2O3-. The molecule has 0 bridgehead atoms. The SMILES string of the molecule is C=C(c1cccc(F)c1)C1(C(=O)[O-])C=CC=C(F)C1c1nc(C)c(C)n1C(=O)c1cccc(F)c1. The van der Waals surface area contributed by atoms with Crippen LogP contribution in [0.3, 0.4) is 0 Å². The van der Waals surface area contributed by atoms with E-state index in [-0.39, 0.29) is 22.5 Å². The average molecular weight is 477 g/mol. The second-order valence-corrected chi connectivity index (χ2v) is 8.28. The highest BCUT2D eigenvalue weighted by molar-refractivity contribution is 5.98. The second-order valence-electron chi connectivity index (χ2n) is 8.28. The van der Waals surface area contributed by atoms with Crippen LogP contribution in [0.4, 0.5) is 13.2 Å². The van der Waals surface area contributed by atoms with E-state index in [1.807, 2.05) is 0 Å². The number of aryl methyl sites for hydroxylation is 1. The van der Waals surface area contributed by atoms with Gasteiger partial charge in [0.25, 0.3) is 5.91 Å². The van der Waals surface area contributed by atoms with Gasteiger partial charge in [-0.3, -0.25) is 9.36 Å². The van der Waals surface area contributed by atoms with Crippen LogP contribution in [0.5, 0.6) is 0 Å². The molecule has 8 heteroatoms. The van der Waals surface area contributed by atoms with Gasteiger partial charge in [-0.1, -0.05) is 36.9 Å². The van der Waals surface area contributed by atoms with Gasteiger partial charge in [-0.2, -0.15) is 0 Å². The van der Waals surface area contributed by atoms with Gasteiger partial charge in [-0.15, -0.1) is 0 Å². The summed E-state index contributed by atoms with van der Waals surface area (Å²) >= 11 is 0. The summed E-state index contributed by atoms with van der Waals surface area (Å²) in [4.78, 5) is 30.5. The molecule has 0 N–H and O–H groups in total. The van der Waals surface area contributed by atoms with Gasteiger partial charge in [-0.25, -0.2) is 18.2 Å². The molecule has 35 heavy (non-hydrogen) atoms. The second kappa shape index (κ2) is 8.87. The highest BCUT2D eigenvalue weighted by Crippen LogP contribution is 2.52. The van der Waals surface area contributed by atoms with E-state index in [1.165, 1.54) is 48.6 Å². The Morgan fingerprint density at radius 1 is 1.03 bits per heavy atom. The molecule has 0 saturated carbocycles. The predicted molar refractivity (Wildman–Crippen MR) is 122 cm³/mol. The maximum atomic E-state index is 15.6. The molecule has 1 aliphatic carbocycles. The number of imidazole rings is 1. The number of halogens is 3. The predicted octanol–water partition coefficient (Wildman–Crippen LogP) is 4.42. The van der Waals surface area contributed by atoms with E-state index in [0.717, 1.165) is 22.8 Å². The molecule has 1 heterocycles. The van der Waals surface area contributed by atoms with E-state index in [4.69, 9.17) is 0 Å². The quantitative estimate of drug-likeness (QED) is 0.545. The molecule has 2 unspecified atom stereocenters. The van der Waals surface area contributed by atoms with Crippen LogP contribution in [-0.4, -0.2) is 21.4 Å². The van der Waals surface area contributed by atoms with E-state index >= 15 is 4.39 Å². The van der Waals surface area contributed by atoms with Gasteiger partial charge >= 0.3 is 0 Å². The van der Waals surface area contributed by atoms with Crippen molar-refractivity contribution in [1.29, 1.82) is 0 Å². The number of hydrogen-bond donors (Lipinski definition) is 0. The van der Waals surface area contributed by atoms with Gasteiger partial charge in [0, 0.05) is 11.3 Å². The van der Waals surface area contributed by atoms with E-state index < -0.39 is 40.7 Å². The van der Waals surface area contributed by atoms with Crippen LogP contribution in [0.15, 0.2) is 79.2 Å². The van der Waals surface area contributed by atoms with Gasteiger partial charge < -0.3 is 9.90 Å². The monoisotopic (exact) mass is 477 g/mol. The van der Waals surface area contributed by atoms with Gasteiger partial charge in [-0.05, 0) is 61.4 Å². The molecule has 0 spiro atoms. The third kappa shape index (κ3) is 3.90. The van der Waals surface area contributed by atoms with Crippen LogP contribution in [0.2, 0.25) is 0 Å². The lowest BCUT2D eigenvalue weighted by atomic mass is 9.65. The number of carbonyl (C=O) groups is 2. The van der Waals surface area contributed by atoms with Crippen molar-refractivity contribution >= 4 is 17.4 Å². The highest BCUT2D eigenvalue weighted by atomic mass is 19.1. The van der Waals surface area contributed by atoms with Crippen LogP contribution < -0.4 is 5.11 Å². The lowest BCUT2D eigenvalue weighted by molar-refractivity contribution is -0.314. The van der Waals surface area contributed by atoms with Crippen molar-refractivity contribution in [2.45, 2.75) is 19.8 Å². The number of carboxylic acid groups (broad SMARTS) is 1. The molecule has 5 nitrogen and oxygen atoms in total. The minimum absolute atomic E-state index is 0.0366. The lowest BCUT2D eigenvalue weighted by Crippen LogP contribution is -2.47. The smallest absolute Gasteiger partial charge is 0.263 e. The van der Waals surface area contributed by atoms with Crippen molar-refractivity contribution in [2.75, 3.05) is 0 Å². The summed E-state index contributed by atoms with van der Waals surface area (Å²) in [5, 5.41) is 12.7. The molecule has 2 aromatic carbocycles. The Hall–Kier alpha value is -4.20. The maximum absolute atomic E-state index is 15.6. The normalized spacial score (nSPS) is 19.3. The minimum atomic E-state index is -2.24. The minimum Gasteiger partial charge on any atom is -0.549 e. The molecule has 1 aliphatic rings. The molecule has 0 saturated heterocycles. The fourth-order valence-electron chi connectivity index (χ4n) is 4.36. The maximum Gasteiger partial charge on any atom is 0.263 e. The first kappa shape index (κ1) is 23.9. The number of hydrogen-bond acceptors (Lipinski definition) is 4. The van der Waals surface area contributed by atoms with Crippen molar-refractivity contribution in [3.05, 3.63) is 119 Å². The zero-order chi connectivity index (χ0) is 25.5. The fourth-order valence-corrected chi connectivity index (χ4v) is 4.36. The van der Waals surface area contributed by atoms with Crippen LogP contribution in [0.1, 0.15) is 39.1 Å². The van der Waals surface area contributed by atoms with Gasteiger partial charge in [0.05, 0.1) is 23.0 Å². The Labute approximate surface area is 199 Å². The van der Waals surface area contributed by atoms with E-state index in [9.17, 15) is 23.5 Å². The molecule has 4 rings (SSSR count). The van der Waals surface area contributed by atoms with Crippen LogP contribution in [0.25, 0.3) is 5.57 Å². The first-order valence-corrected chi connectivity index (χ1v) is 10.7. The number of nitrogens with zero attached hydrogens (tertiary/aromatic N) is 2. The summed E-state index contributed by atoms with van der Waals surface area (Å²) in [7, 11) is 0. The Morgan fingerprint density at radius 2 is 1.63 bits per heavy atom. The summed E-state index contributed by atoms with van der Waals surface area (Å²) in [5.74, 6) is -6.52. The fraction of sp³-hybridized carbons (Fsp3) is 0.148. The molecule has 0 amide bonds. The topological polar surface area (TPSA) is 75.0 Å². The molecule has 2 atom stereocenters. The van der Waals surface area contributed by atoms with Crippen LogP contribution in [0, 0.1) is 30.9 Å². The molecule has 3 aromatic rings. The highest BCUT2D eigenvalue weighted by Gasteiger charge is 2.49. The van der Waals surface area contributed by atoms with Crippen molar-refractivity contribution in [2.24, 2.45) is 5.41 Å². The molecule has 0 aliphatic heterocycles. The van der Waals surface area contributed by atoms with Crippen molar-refractivity contribution in [3.8, 4) is 0 Å². The van der Waals surface area contributed by atoms with Gasteiger partial charge in [0.1, 0.15) is 23.3 Å². The van der Waals surface area contributed by atoms with Crippen molar-refractivity contribution in [3.63, 3.8) is 0 Å². The zero-order valence-corrected chi connectivity index (χ0v) is 18.9. The molecule has 0 fully saturated rings. The number of carbonyl (C=O) groups excluding carboxylic acids is 2. The van der Waals surface area contributed by atoms with Crippen LogP contribution >= 0.6 is 0 Å². The third-order valence-electron chi connectivity index (χ3n) is 6.26. The standard InChI is InChI=1S/C27H21F3N2O3/c1-15(18-7-4-9-20(28)13-18)27(26(34)35)12-6-11-22(30)23(27)24-31-16(2)17(3)32(24)25(33)19-8-5-10-21(29)14-19/h4-14,23H,1H2,2-3H3,(H,34,35)/p-1. The molecule has 178 valence electrons. The molecule has 0 radical (unpaired) electrons. The average Bonchev–Trinajstić information content (AvgIpc) is 3.11.